The smallest absolute Gasteiger partial charge is 0.0372 e. The van der Waals surface area contributed by atoms with Crippen LogP contribution in [-0.2, 0) is 6.42 Å². The van der Waals surface area contributed by atoms with Gasteiger partial charge >= 0.3 is 0 Å². The Balaban J connectivity index is 2.55. The molecule has 1 aromatic carbocycles. The fourth-order valence-corrected chi connectivity index (χ4v) is 2.82. The van der Waals surface area contributed by atoms with E-state index >= 15 is 0 Å². The summed E-state index contributed by atoms with van der Waals surface area (Å²) in [7, 11) is 0. The van der Waals surface area contributed by atoms with E-state index in [1.165, 1.54) is 28.0 Å². The molecule has 102 valence electrons. The summed E-state index contributed by atoms with van der Waals surface area (Å²) in [5.74, 6) is 0.556. The van der Waals surface area contributed by atoms with Crippen molar-refractivity contribution >= 4 is 11.8 Å². The summed E-state index contributed by atoms with van der Waals surface area (Å²) in [6.45, 7) is 15.2. The van der Waals surface area contributed by atoms with Crippen molar-refractivity contribution in [2.24, 2.45) is 0 Å². The molecule has 1 aromatic rings. The summed E-state index contributed by atoms with van der Waals surface area (Å²) >= 11 is 0. The van der Waals surface area contributed by atoms with E-state index in [0.29, 0.717) is 5.92 Å². The van der Waals surface area contributed by atoms with Gasteiger partial charge in [-0.25, -0.2) is 0 Å². The second-order valence-electron chi connectivity index (χ2n) is 5.60. The Morgan fingerprint density at radius 2 is 1.84 bits per heavy atom. The van der Waals surface area contributed by atoms with Crippen molar-refractivity contribution in [3.05, 3.63) is 47.1 Å². The maximum absolute atomic E-state index is 4.10. The van der Waals surface area contributed by atoms with Crippen molar-refractivity contribution in [3.8, 4) is 0 Å². The molecule has 0 N–H and O–H groups in total. The first kappa shape index (κ1) is 13.9. The third kappa shape index (κ3) is 2.75. The molecular formula is C18H25N. The summed E-state index contributed by atoms with van der Waals surface area (Å²) in [5.41, 5.74) is 6.87. The zero-order valence-electron chi connectivity index (χ0n) is 12.7. The minimum Gasteiger partial charge on any atom is -0.372 e. The molecule has 2 rings (SSSR count). The van der Waals surface area contributed by atoms with E-state index in [-0.39, 0.29) is 0 Å². The molecule has 19 heavy (non-hydrogen) atoms. The molecule has 1 aliphatic carbocycles. The second-order valence-corrected chi connectivity index (χ2v) is 5.60. The maximum Gasteiger partial charge on any atom is 0.0372 e. The summed E-state index contributed by atoms with van der Waals surface area (Å²) in [5, 5.41) is 0. The lowest BCUT2D eigenvalue weighted by Crippen LogP contribution is -2.22. The molecule has 0 heterocycles. The van der Waals surface area contributed by atoms with Crippen LogP contribution in [0.5, 0.6) is 0 Å². The van der Waals surface area contributed by atoms with E-state index in [9.17, 15) is 0 Å². The molecule has 0 spiro atoms. The lowest BCUT2D eigenvalue weighted by atomic mass is 9.86. The van der Waals surface area contributed by atoms with Crippen LogP contribution in [0.15, 0.2) is 30.4 Å². The van der Waals surface area contributed by atoms with E-state index in [1.807, 2.05) is 0 Å². The Kier molecular flexibility index (Phi) is 4.14. The second kappa shape index (κ2) is 5.64. The van der Waals surface area contributed by atoms with Crippen LogP contribution in [0.3, 0.4) is 0 Å². The Bertz CT molecular complexity index is 505. The standard InChI is InChI=1S/C18H25N/c1-6-19(7-2)16-11-15-10-14(5)8-9-17(15)18(12-16)13(3)4/h8-9,11-13H,5-7,10H2,1-4H3. The molecule has 1 nitrogen and oxygen atoms in total. The number of hydrogen-bond donors (Lipinski definition) is 0. The number of fused-ring (bicyclic) bond motifs is 1. The van der Waals surface area contributed by atoms with Crippen LogP contribution >= 0.6 is 0 Å². The molecule has 0 amide bonds. The molecule has 0 bridgehead atoms. The van der Waals surface area contributed by atoms with Gasteiger partial charge in [0, 0.05) is 18.8 Å². The molecule has 0 fully saturated rings. The molecule has 1 heteroatoms. The van der Waals surface area contributed by atoms with Crippen molar-refractivity contribution in [1.82, 2.24) is 0 Å². The topological polar surface area (TPSA) is 3.24 Å². The first-order chi connectivity index (χ1) is 9.06. The third-order valence-electron chi connectivity index (χ3n) is 3.94. The number of benzene rings is 1. The lowest BCUT2D eigenvalue weighted by Gasteiger charge is -2.26. The van der Waals surface area contributed by atoms with E-state index in [0.717, 1.165) is 19.5 Å². The van der Waals surface area contributed by atoms with Gasteiger partial charge in [0.05, 0.1) is 0 Å². The number of hydrogen-bond acceptors (Lipinski definition) is 1. The Morgan fingerprint density at radius 1 is 1.16 bits per heavy atom. The average Bonchev–Trinajstić information content (AvgIpc) is 2.38. The molecule has 0 saturated carbocycles. The van der Waals surface area contributed by atoms with Gasteiger partial charge in [-0.2, -0.15) is 0 Å². The van der Waals surface area contributed by atoms with Crippen LogP contribution in [-0.4, -0.2) is 13.1 Å². The van der Waals surface area contributed by atoms with Crippen LogP contribution in [0.25, 0.3) is 6.08 Å². The number of allylic oxidation sites excluding steroid dienone is 2. The molecule has 0 aliphatic heterocycles. The fraction of sp³-hybridized carbons (Fsp3) is 0.444. The normalized spacial score (nSPS) is 13.8. The summed E-state index contributed by atoms with van der Waals surface area (Å²) < 4.78 is 0. The zero-order chi connectivity index (χ0) is 14.0. The third-order valence-corrected chi connectivity index (χ3v) is 3.94. The van der Waals surface area contributed by atoms with Gasteiger partial charge in [-0.15, -0.1) is 0 Å². The molecule has 0 saturated heterocycles. The van der Waals surface area contributed by atoms with Gasteiger partial charge in [0.25, 0.3) is 0 Å². The van der Waals surface area contributed by atoms with Crippen molar-refractivity contribution in [3.63, 3.8) is 0 Å². The van der Waals surface area contributed by atoms with Gasteiger partial charge in [0.2, 0.25) is 0 Å². The first-order valence-electron chi connectivity index (χ1n) is 7.34. The van der Waals surface area contributed by atoms with Gasteiger partial charge in [0.1, 0.15) is 0 Å². The summed E-state index contributed by atoms with van der Waals surface area (Å²) in [6, 6.07) is 4.72. The molecular weight excluding hydrogens is 230 g/mol. The van der Waals surface area contributed by atoms with Gasteiger partial charge in [0.15, 0.2) is 0 Å². The average molecular weight is 255 g/mol. The van der Waals surface area contributed by atoms with E-state index in [1.54, 1.807) is 0 Å². The highest BCUT2D eigenvalue weighted by Gasteiger charge is 2.16. The van der Waals surface area contributed by atoms with Crippen LogP contribution in [0.4, 0.5) is 5.69 Å². The number of rotatable bonds is 4. The predicted octanol–water partition coefficient (Wildman–Crippen LogP) is 4.78. The number of nitrogens with zero attached hydrogens (tertiary/aromatic N) is 1. The van der Waals surface area contributed by atoms with Crippen molar-refractivity contribution in [2.75, 3.05) is 18.0 Å². The van der Waals surface area contributed by atoms with E-state index < -0.39 is 0 Å². The molecule has 1 aliphatic rings. The Labute approximate surface area is 117 Å². The van der Waals surface area contributed by atoms with Crippen LogP contribution < -0.4 is 4.90 Å². The largest absolute Gasteiger partial charge is 0.372 e. The van der Waals surface area contributed by atoms with Crippen molar-refractivity contribution in [1.29, 1.82) is 0 Å². The highest BCUT2D eigenvalue weighted by atomic mass is 15.1. The summed E-state index contributed by atoms with van der Waals surface area (Å²) in [4.78, 5) is 2.42. The predicted molar refractivity (Wildman–Crippen MR) is 86.0 cm³/mol. The quantitative estimate of drug-likeness (QED) is 0.748. The van der Waals surface area contributed by atoms with E-state index in [2.05, 4.69) is 63.5 Å². The minimum absolute atomic E-state index is 0.556. The van der Waals surface area contributed by atoms with Crippen LogP contribution in [0, 0.1) is 0 Å². The molecule has 0 radical (unpaired) electrons. The maximum atomic E-state index is 4.10. The van der Waals surface area contributed by atoms with Crippen molar-refractivity contribution in [2.45, 2.75) is 40.0 Å². The highest BCUT2D eigenvalue weighted by molar-refractivity contribution is 5.69. The zero-order valence-corrected chi connectivity index (χ0v) is 12.7. The minimum atomic E-state index is 0.556. The van der Waals surface area contributed by atoms with Gasteiger partial charge in [-0.3, -0.25) is 0 Å². The van der Waals surface area contributed by atoms with Gasteiger partial charge in [-0.1, -0.05) is 38.2 Å². The monoisotopic (exact) mass is 255 g/mol. The Hall–Kier alpha value is -1.50. The van der Waals surface area contributed by atoms with Gasteiger partial charge < -0.3 is 4.90 Å². The van der Waals surface area contributed by atoms with Gasteiger partial charge in [-0.05, 0) is 55.0 Å². The Morgan fingerprint density at radius 3 is 2.42 bits per heavy atom. The first-order valence-corrected chi connectivity index (χ1v) is 7.34. The molecule has 0 unspecified atom stereocenters. The SMILES string of the molecule is C=C1C=Cc2c(cc(N(CC)CC)cc2C(C)C)C1. The van der Waals surface area contributed by atoms with Crippen molar-refractivity contribution < 1.29 is 0 Å². The van der Waals surface area contributed by atoms with Crippen LogP contribution in [0.1, 0.15) is 50.3 Å². The molecule has 0 aromatic heterocycles. The highest BCUT2D eigenvalue weighted by Crippen LogP contribution is 2.33. The lowest BCUT2D eigenvalue weighted by molar-refractivity contribution is 0.838. The number of anilines is 1. The van der Waals surface area contributed by atoms with Crippen LogP contribution in [0.2, 0.25) is 0 Å². The summed E-state index contributed by atoms with van der Waals surface area (Å²) in [6.07, 6.45) is 5.38. The van der Waals surface area contributed by atoms with E-state index in [4.69, 9.17) is 0 Å². The molecule has 0 atom stereocenters. The fourth-order valence-electron chi connectivity index (χ4n) is 2.82.